The Morgan fingerprint density at radius 3 is 2.82 bits per heavy atom. The van der Waals surface area contributed by atoms with E-state index < -0.39 is 4.92 Å². The number of amides is 1. The van der Waals surface area contributed by atoms with E-state index in [1.807, 2.05) is 0 Å². The summed E-state index contributed by atoms with van der Waals surface area (Å²) in [5.74, 6) is -0.203. The van der Waals surface area contributed by atoms with Crippen LogP contribution < -0.4 is 5.73 Å². The molecule has 0 radical (unpaired) electrons. The number of aromatic nitrogens is 2. The maximum atomic E-state index is 12.3. The van der Waals surface area contributed by atoms with Crippen LogP contribution in [0.2, 0.25) is 0 Å². The summed E-state index contributed by atoms with van der Waals surface area (Å²) in [7, 11) is 0. The number of nitro benzene ring substituents is 1. The minimum absolute atomic E-state index is 0.00115. The molecule has 0 unspecified atom stereocenters. The lowest BCUT2D eigenvalue weighted by molar-refractivity contribution is -0.384. The number of rotatable bonds is 3. The van der Waals surface area contributed by atoms with E-state index in [9.17, 15) is 14.9 Å². The molecule has 1 aliphatic heterocycles. The molecule has 114 valence electrons. The molecule has 22 heavy (non-hydrogen) atoms. The van der Waals surface area contributed by atoms with E-state index in [4.69, 9.17) is 5.73 Å². The second-order valence-corrected chi connectivity index (χ2v) is 5.19. The van der Waals surface area contributed by atoms with Gasteiger partial charge in [0, 0.05) is 31.4 Å². The van der Waals surface area contributed by atoms with E-state index in [0.29, 0.717) is 18.8 Å². The minimum atomic E-state index is -0.474. The lowest BCUT2D eigenvalue weighted by Crippen LogP contribution is -2.32. The normalized spacial score (nSPS) is 17.7. The van der Waals surface area contributed by atoms with Crippen molar-refractivity contribution in [1.29, 1.82) is 0 Å². The SMILES string of the molecule is N[C@@H]1CCN(C(=O)c2ccn(-c3ccccc3[N+](=O)[O-])n2)C1. The average Bonchev–Trinajstić information content (AvgIpc) is 3.15. The van der Waals surface area contributed by atoms with Crippen LogP contribution in [0.4, 0.5) is 5.69 Å². The topological polar surface area (TPSA) is 107 Å². The number of carbonyl (C=O) groups is 1. The summed E-state index contributed by atoms with van der Waals surface area (Å²) in [5, 5.41) is 15.2. The van der Waals surface area contributed by atoms with Gasteiger partial charge in [0.25, 0.3) is 11.6 Å². The molecule has 2 N–H and O–H groups in total. The molecule has 1 atom stereocenters. The first-order valence-corrected chi connectivity index (χ1v) is 6.90. The molecule has 2 aromatic rings. The van der Waals surface area contributed by atoms with E-state index in [0.717, 1.165) is 6.42 Å². The van der Waals surface area contributed by atoms with Crippen LogP contribution in [-0.4, -0.2) is 44.6 Å². The molecule has 0 bridgehead atoms. The lowest BCUT2D eigenvalue weighted by atomic mass is 10.3. The largest absolute Gasteiger partial charge is 0.336 e. The van der Waals surface area contributed by atoms with Crippen molar-refractivity contribution in [3.8, 4) is 5.69 Å². The molecule has 1 fully saturated rings. The van der Waals surface area contributed by atoms with Crippen LogP contribution in [0.5, 0.6) is 0 Å². The van der Waals surface area contributed by atoms with Gasteiger partial charge in [-0.25, -0.2) is 4.68 Å². The molecule has 1 aliphatic rings. The molecule has 0 saturated carbocycles. The third-order valence-electron chi connectivity index (χ3n) is 3.65. The molecule has 1 aromatic heterocycles. The standard InChI is InChI=1S/C14H15N5O3/c15-10-5-7-17(9-10)14(20)11-6-8-18(16-11)12-3-1-2-4-13(12)19(21)22/h1-4,6,8,10H,5,7,9,15H2/t10-/m1/s1. The fraction of sp³-hybridized carbons (Fsp3) is 0.286. The minimum Gasteiger partial charge on any atom is -0.336 e. The highest BCUT2D eigenvalue weighted by atomic mass is 16.6. The zero-order chi connectivity index (χ0) is 15.7. The number of carbonyl (C=O) groups excluding carboxylic acids is 1. The van der Waals surface area contributed by atoms with Crippen molar-refractivity contribution in [2.75, 3.05) is 13.1 Å². The highest BCUT2D eigenvalue weighted by molar-refractivity contribution is 5.92. The number of benzene rings is 1. The van der Waals surface area contributed by atoms with Gasteiger partial charge in [-0.05, 0) is 18.6 Å². The number of para-hydroxylation sites is 2. The van der Waals surface area contributed by atoms with E-state index in [1.165, 1.54) is 10.7 Å². The number of nitrogens with two attached hydrogens (primary N) is 1. The molecular formula is C14H15N5O3. The van der Waals surface area contributed by atoms with Crippen LogP contribution in [0.15, 0.2) is 36.5 Å². The third kappa shape index (κ3) is 2.56. The van der Waals surface area contributed by atoms with Crippen LogP contribution in [0.3, 0.4) is 0 Å². The van der Waals surface area contributed by atoms with Crippen molar-refractivity contribution in [1.82, 2.24) is 14.7 Å². The van der Waals surface area contributed by atoms with E-state index >= 15 is 0 Å². The summed E-state index contributed by atoms with van der Waals surface area (Å²) < 4.78 is 1.35. The number of nitrogens with zero attached hydrogens (tertiary/aromatic N) is 4. The maximum Gasteiger partial charge on any atom is 0.294 e. The predicted octanol–water partition coefficient (Wildman–Crippen LogP) is 0.954. The second-order valence-electron chi connectivity index (χ2n) is 5.19. The van der Waals surface area contributed by atoms with Crippen LogP contribution in [0.1, 0.15) is 16.9 Å². The van der Waals surface area contributed by atoms with E-state index in [1.54, 1.807) is 35.4 Å². The first kappa shape index (κ1) is 14.2. The van der Waals surface area contributed by atoms with Crippen LogP contribution >= 0.6 is 0 Å². The van der Waals surface area contributed by atoms with Crippen molar-refractivity contribution < 1.29 is 9.72 Å². The van der Waals surface area contributed by atoms with E-state index in [-0.39, 0.29) is 23.3 Å². The quantitative estimate of drug-likeness (QED) is 0.671. The average molecular weight is 301 g/mol. The van der Waals surface area contributed by atoms with Crippen LogP contribution in [0, 0.1) is 10.1 Å². The predicted molar refractivity (Wildman–Crippen MR) is 78.7 cm³/mol. The molecule has 8 heteroatoms. The van der Waals surface area contributed by atoms with Gasteiger partial charge in [-0.2, -0.15) is 5.10 Å². The molecule has 1 saturated heterocycles. The zero-order valence-corrected chi connectivity index (χ0v) is 11.8. The van der Waals surface area contributed by atoms with Gasteiger partial charge < -0.3 is 10.6 Å². The Morgan fingerprint density at radius 1 is 1.36 bits per heavy atom. The molecule has 2 heterocycles. The van der Waals surface area contributed by atoms with Gasteiger partial charge in [0.2, 0.25) is 0 Å². The van der Waals surface area contributed by atoms with Crippen molar-refractivity contribution in [3.63, 3.8) is 0 Å². The molecule has 0 aliphatic carbocycles. The van der Waals surface area contributed by atoms with Crippen molar-refractivity contribution in [2.45, 2.75) is 12.5 Å². The van der Waals surface area contributed by atoms with Gasteiger partial charge in [-0.15, -0.1) is 0 Å². The summed E-state index contributed by atoms with van der Waals surface area (Å²) in [6.07, 6.45) is 2.32. The fourth-order valence-electron chi connectivity index (χ4n) is 2.52. The Labute approximate surface area is 126 Å². The van der Waals surface area contributed by atoms with Gasteiger partial charge >= 0.3 is 0 Å². The summed E-state index contributed by atoms with van der Waals surface area (Å²) in [4.78, 5) is 24.5. The summed E-state index contributed by atoms with van der Waals surface area (Å²) in [5.41, 5.74) is 6.31. The summed E-state index contributed by atoms with van der Waals surface area (Å²) in [6.45, 7) is 1.12. The van der Waals surface area contributed by atoms with Crippen molar-refractivity contribution in [2.24, 2.45) is 5.73 Å². The van der Waals surface area contributed by atoms with Gasteiger partial charge in [-0.1, -0.05) is 12.1 Å². The number of likely N-dealkylation sites (tertiary alicyclic amines) is 1. The van der Waals surface area contributed by atoms with Crippen molar-refractivity contribution in [3.05, 3.63) is 52.3 Å². The van der Waals surface area contributed by atoms with Crippen LogP contribution in [-0.2, 0) is 0 Å². The van der Waals surface area contributed by atoms with E-state index in [2.05, 4.69) is 5.10 Å². The molecule has 3 rings (SSSR count). The van der Waals surface area contributed by atoms with Crippen molar-refractivity contribution >= 4 is 11.6 Å². The Bertz CT molecular complexity index is 727. The Balaban J connectivity index is 1.88. The van der Waals surface area contributed by atoms with Gasteiger partial charge in [0.05, 0.1) is 4.92 Å². The molecular weight excluding hydrogens is 286 g/mol. The number of hydrogen-bond acceptors (Lipinski definition) is 5. The molecule has 1 amide bonds. The number of nitro groups is 1. The smallest absolute Gasteiger partial charge is 0.294 e. The Hall–Kier alpha value is -2.74. The van der Waals surface area contributed by atoms with Gasteiger partial charge in [-0.3, -0.25) is 14.9 Å². The van der Waals surface area contributed by atoms with Crippen LogP contribution in [0.25, 0.3) is 5.69 Å². The lowest BCUT2D eigenvalue weighted by Gasteiger charge is -2.13. The fourth-order valence-corrected chi connectivity index (χ4v) is 2.52. The first-order valence-electron chi connectivity index (χ1n) is 6.90. The Kier molecular flexibility index (Phi) is 3.60. The number of hydrogen-bond donors (Lipinski definition) is 1. The van der Waals surface area contributed by atoms with Gasteiger partial charge in [0.15, 0.2) is 5.69 Å². The zero-order valence-electron chi connectivity index (χ0n) is 11.8. The summed E-state index contributed by atoms with van der Waals surface area (Å²) >= 11 is 0. The summed E-state index contributed by atoms with van der Waals surface area (Å²) in [6, 6.07) is 7.82. The second kappa shape index (κ2) is 5.57. The highest BCUT2D eigenvalue weighted by Gasteiger charge is 2.26. The third-order valence-corrected chi connectivity index (χ3v) is 3.65. The Morgan fingerprint density at radius 2 is 2.14 bits per heavy atom. The highest BCUT2D eigenvalue weighted by Crippen LogP contribution is 2.22. The molecule has 0 spiro atoms. The first-order chi connectivity index (χ1) is 10.6. The maximum absolute atomic E-state index is 12.3. The molecule has 1 aromatic carbocycles. The molecule has 8 nitrogen and oxygen atoms in total. The monoisotopic (exact) mass is 301 g/mol. The van der Waals surface area contributed by atoms with Gasteiger partial charge in [0.1, 0.15) is 5.69 Å².